The molecule has 0 aliphatic rings. The fourth-order valence-corrected chi connectivity index (χ4v) is 4.20. The van der Waals surface area contributed by atoms with Crippen LogP contribution in [0.4, 0.5) is 0 Å². The van der Waals surface area contributed by atoms with Gasteiger partial charge in [0.25, 0.3) is 5.56 Å². The second-order valence-electron chi connectivity index (χ2n) is 7.03. The molecule has 1 aromatic heterocycles. The Balaban J connectivity index is 1.83. The summed E-state index contributed by atoms with van der Waals surface area (Å²) in [5, 5.41) is 1.22. The summed E-state index contributed by atoms with van der Waals surface area (Å²) in [5.41, 5.74) is 1.73. The number of carbonyl (C=O) groups is 1. The number of nitrogens with zero attached hydrogens (tertiary/aromatic N) is 3. The molecule has 1 amide bonds. The molecule has 0 saturated carbocycles. The van der Waals surface area contributed by atoms with Crippen LogP contribution in [0.3, 0.4) is 0 Å². The third-order valence-corrected chi connectivity index (χ3v) is 6.02. The van der Waals surface area contributed by atoms with E-state index in [0.29, 0.717) is 29.1 Å². The summed E-state index contributed by atoms with van der Waals surface area (Å²) in [6.07, 6.45) is 0.816. The largest absolute Gasteiger partial charge is 0.338 e. The van der Waals surface area contributed by atoms with E-state index in [1.807, 2.05) is 80.3 Å². The first kappa shape index (κ1) is 21.1. The summed E-state index contributed by atoms with van der Waals surface area (Å²) in [6, 6.07) is 17.4. The van der Waals surface area contributed by atoms with E-state index in [9.17, 15) is 9.59 Å². The van der Waals surface area contributed by atoms with Gasteiger partial charge in [-0.05, 0) is 38.0 Å². The monoisotopic (exact) mass is 409 g/mol. The van der Waals surface area contributed by atoms with Crippen LogP contribution in [0.2, 0.25) is 0 Å². The Morgan fingerprint density at radius 1 is 1.10 bits per heavy atom. The van der Waals surface area contributed by atoms with Crippen molar-refractivity contribution in [1.82, 2.24) is 14.5 Å². The Labute approximate surface area is 175 Å². The van der Waals surface area contributed by atoms with Crippen LogP contribution in [-0.4, -0.2) is 32.7 Å². The number of amides is 1. The molecule has 0 unspecified atom stereocenters. The highest BCUT2D eigenvalue weighted by Crippen LogP contribution is 2.23. The molecule has 0 N–H and O–H groups in total. The second kappa shape index (κ2) is 9.74. The van der Waals surface area contributed by atoms with Crippen LogP contribution in [0.5, 0.6) is 0 Å². The normalized spacial score (nSPS) is 12.1. The van der Waals surface area contributed by atoms with Crippen molar-refractivity contribution in [2.24, 2.45) is 0 Å². The molecular formula is C23H27N3O2S. The smallest absolute Gasteiger partial charge is 0.262 e. The highest BCUT2D eigenvalue weighted by Gasteiger charge is 2.18. The molecular weight excluding hydrogens is 382 g/mol. The van der Waals surface area contributed by atoms with Gasteiger partial charge in [0, 0.05) is 19.1 Å². The molecule has 5 nitrogen and oxygen atoms in total. The molecule has 152 valence electrons. The zero-order valence-corrected chi connectivity index (χ0v) is 18.0. The van der Waals surface area contributed by atoms with Crippen LogP contribution in [-0.2, 0) is 11.3 Å². The molecule has 0 fully saturated rings. The fraction of sp³-hybridized carbons (Fsp3) is 0.348. The van der Waals surface area contributed by atoms with Gasteiger partial charge in [0.2, 0.25) is 5.91 Å². The number of rotatable bonds is 8. The fourth-order valence-electron chi connectivity index (χ4n) is 3.20. The van der Waals surface area contributed by atoms with Crippen molar-refractivity contribution in [3.63, 3.8) is 0 Å². The van der Waals surface area contributed by atoms with Crippen molar-refractivity contribution in [3.05, 3.63) is 70.5 Å². The maximum absolute atomic E-state index is 13.0. The van der Waals surface area contributed by atoms with Crippen LogP contribution < -0.4 is 5.56 Å². The Hall–Kier alpha value is -2.60. The lowest BCUT2D eigenvalue weighted by molar-refractivity contribution is -0.128. The molecule has 0 bridgehead atoms. The van der Waals surface area contributed by atoms with Gasteiger partial charge in [-0.1, -0.05) is 61.2 Å². The second-order valence-corrected chi connectivity index (χ2v) is 7.97. The number of fused-ring (bicyclic) bond motifs is 1. The van der Waals surface area contributed by atoms with Gasteiger partial charge in [-0.15, -0.1) is 0 Å². The minimum atomic E-state index is -0.0449. The molecule has 0 spiro atoms. The van der Waals surface area contributed by atoms with Gasteiger partial charge in [-0.2, -0.15) is 0 Å². The highest BCUT2D eigenvalue weighted by molar-refractivity contribution is 7.99. The Kier molecular flexibility index (Phi) is 7.09. The van der Waals surface area contributed by atoms with Gasteiger partial charge in [-0.25, -0.2) is 4.98 Å². The lowest BCUT2D eigenvalue weighted by Gasteiger charge is -2.22. The van der Waals surface area contributed by atoms with Crippen molar-refractivity contribution >= 4 is 28.6 Å². The van der Waals surface area contributed by atoms with E-state index in [1.54, 1.807) is 4.57 Å². The van der Waals surface area contributed by atoms with Crippen LogP contribution in [0.25, 0.3) is 10.9 Å². The molecule has 29 heavy (non-hydrogen) atoms. The van der Waals surface area contributed by atoms with Crippen LogP contribution in [0, 0.1) is 0 Å². The molecule has 0 aliphatic heterocycles. The van der Waals surface area contributed by atoms with E-state index in [4.69, 9.17) is 4.98 Å². The van der Waals surface area contributed by atoms with Crippen molar-refractivity contribution < 1.29 is 4.79 Å². The average Bonchev–Trinajstić information content (AvgIpc) is 2.76. The summed E-state index contributed by atoms with van der Waals surface area (Å²) in [7, 11) is 0. The minimum absolute atomic E-state index is 0.0174. The summed E-state index contributed by atoms with van der Waals surface area (Å²) < 4.78 is 1.73. The number of benzene rings is 2. The Morgan fingerprint density at radius 2 is 1.79 bits per heavy atom. The van der Waals surface area contributed by atoms with Gasteiger partial charge in [0.15, 0.2) is 5.16 Å². The van der Waals surface area contributed by atoms with Gasteiger partial charge < -0.3 is 4.90 Å². The van der Waals surface area contributed by atoms with E-state index >= 15 is 0 Å². The summed E-state index contributed by atoms with van der Waals surface area (Å²) in [6.45, 7) is 7.26. The first-order chi connectivity index (χ1) is 14.0. The van der Waals surface area contributed by atoms with Crippen LogP contribution in [0.1, 0.15) is 38.8 Å². The third kappa shape index (κ3) is 4.88. The first-order valence-corrected chi connectivity index (χ1v) is 11.0. The van der Waals surface area contributed by atoms with E-state index in [0.717, 1.165) is 12.0 Å². The Morgan fingerprint density at radius 3 is 2.48 bits per heavy atom. The van der Waals surface area contributed by atoms with Crippen molar-refractivity contribution in [2.75, 3.05) is 12.3 Å². The van der Waals surface area contributed by atoms with E-state index in [2.05, 4.69) is 0 Å². The lowest BCUT2D eigenvalue weighted by atomic mass is 10.2. The summed E-state index contributed by atoms with van der Waals surface area (Å²) in [5.74, 6) is 0.293. The number of hydrogen-bond acceptors (Lipinski definition) is 4. The van der Waals surface area contributed by atoms with Gasteiger partial charge in [0.05, 0.1) is 16.7 Å². The average molecular weight is 410 g/mol. The number of thioether (sulfide) groups is 1. The molecule has 1 atom stereocenters. The summed E-state index contributed by atoms with van der Waals surface area (Å²) in [4.78, 5) is 32.4. The zero-order chi connectivity index (χ0) is 20.8. The van der Waals surface area contributed by atoms with Gasteiger partial charge in [0.1, 0.15) is 0 Å². The van der Waals surface area contributed by atoms with Crippen molar-refractivity contribution in [2.45, 2.75) is 44.9 Å². The third-order valence-electron chi connectivity index (χ3n) is 5.08. The van der Waals surface area contributed by atoms with E-state index < -0.39 is 0 Å². The van der Waals surface area contributed by atoms with Gasteiger partial charge in [-0.3, -0.25) is 14.2 Å². The minimum Gasteiger partial charge on any atom is -0.338 e. The van der Waals surface area contributed by atoms with Crippen molar-refractivity contribution in [3.8, 4) is 0 Å². The van der Waals surface area contributed by atoms with E-state index in [-0.39, 0.29) is 23.3 Å². The van der Waals surface area contributed by atoms with Gasteiger partial charge >= 0.3 is 0 Å². The molecule has 0 radical (unpaired) electrons. The predicted molar refractivity (Wildman–Crippen MR) is 119 cm³/mol. The number of para-hydroxylation sites is 1. The quantitative estimate of drug-likeness (QED) is 0.406. The maximum Gasteiger partial charge on any atom is 0.262 e. The van der Waals surface area contributed by atoms with Crippen LogP contribution >= 0.6 is 11.8 Å². The molecule has 3 aromatic rings. The zero-order valence-electron chi connectivity index (χ0n) is 17.2. The maximum atomic E-state index is 13.0. The summed E-state index contributed by atoms with van der Waals surface area (Å²) >= 11 is 1.34. The molecule has 2 aromatic carbocycles. The topological polar surface area (TPSA) is 55.2 Å². The highest BCUT2D eigenvalue weighted by atomic mass is 32.2. The number of hydrogen-bond donors (Lipinski definition) is 0. The Bertz CT molecular complexity index is 1030. The van der Waals surface area contributed by atoms with Crippen molar-refractivity contribution in [1.29, 1.82) is 0 Å². The molecule has 3 rings (SSSR count). The number of aromatic nitrogens is 2. The lowest BCUT2D eigenvalue weighted by Crippen LogP contribution is -2.32. The van der Waals surface area contributed by atoms with E-state index in [1.165, 1.54) is 11.8 Å². The predicted octanol–water partition coefficient (Wildman–Crippen LogP) is 4.51. The SMILES string of the molecule is CC[C@@H](C)n1c(SCC(=O)N(CC)Cc2ccccc2)nc2ccccc2c1=O. The molecule has 0 saturated heterocycles. The standard InChI is InChI=1S/C23H27N3O2S/c1-4-17(3)26-22(28)19-13-9-10-14-20(19)24-23(26)29-16-21(27)25(5-2)15-18-11-7-6-8-12-18/h6-14,17H,4-5,15-16H2,1-3H3/t17-/m1/s1. The van der Waals surface area contributed by atoms with Crippen LogP contribution in [0.15, 0.2) is 64.5 Å². The molecule has 0 aliphatic carbocycles. The number of carbonyl (C=O) groups excluding carboxylic acids is 1. The molecule has 1 heterocycles. The molecule has 6 heteroatoms. The first-order valence-electron chi connectivity index (χ1n) is 10.0.